The summed E-state index contributed by atoms with van der Waals surface area (Å²) in [5.74, 6) is 1.67. The normalized spacial score (nSPS) is 16.3. The standard InChI is InChI=1S/C24H27F3N4O4/c1-33-20-7-2-3-8-21(20)34-16-19(32)14-30-9-11-31(12-10-30)15-22-28-23(35-29-22)17-5-4-6-18(13-17)24(25,26)27/h2-8,13,19,32H,9-12,14-16H2,1H3. The molecular formula is C24H27F3N4O4. The van der Waals surface area contributed by atoms with Crippen LogP contribution in [0.5, 0.6) is 11.5 Å². The number of ether oxygens (including phenoxy) is 2. The van der Waals surface area contributed by atoms with Gasteiger partial charge in [-0.25, -0.2) is 0 Å². The van der Waals surface area contributed by atoms with Gasteiger partial charge in [0.2, 0.25) is 0 Å². The Balaban J connectivity index is 1.23. The van der Waals surface area contributed by atoms with Crippen molar-refractivity contribution in [1.82, 2.24) is 19.9 Å². The van der Waals surface area contributed by atoms with Gasteiger partial charge >= 0.3 is 6.18 Å². The zero-order valence-electron chi connectivity index (χ0n) is 19.2. The predicted octanol–water partition coefficient (Wildman–Crippen LogP) is 3.32. The smallest absolute Gasteiger partial charge is 0.416 e. The van der Waals surface area contributed by atoms with Crippen LogP contribution in [0.15, 0.2) is 53.1 Å². The van der Waals surface area contributed by atoms with E-state index >= 15 is 0 Å². The second kappa shape index (κ2) is 11.1. The molecule has 1 fully saturated rings. The quantitative estimate of drug-likeness (QED) is 0.487. The van der Waals surface area contributed by atoms with Crippen LogP contribution in [0.25, 0.3) is 11.5 Å². The lowest BCUT2D eigenvalue weighted by Gasteiger charge is -2.34. The summed E-state index contributed by atoms with van der Waals surface area (Å²) in [6.07, 6.45) is -5.09. The fraction of sp³-hybridized carbons (Fsp3) is 0.417. The largest absolute Gasteiger partial charge is 0.493 e. The van der Waals surface area contributed by atoms with Crippen LogP contribution in [0.4, 0.5) is 13.2 Å². The second-order valence-corrected chi connectivity index (χ2v) is 8.29. The average molecular weight is 492 g/mol. The van der Waals surface area contributed by atoms with Crippen molar-refractivity contribution in [2.24, 2.45) is 0 Å². The minimum Gasteiger partial charge on any atom is -0.493 e. The Morgan fingerprint density at radius 1 is 1.03 bits per heavy atom. The molecule has 2 heterocycles. The highest BCUT2D eigenvalue weighted by atomic mass is 19.4. The molecule has 35 heavy (non-hydrogen) atoms. The van der Waals surface area contributed by atoms with Crippen LogP contribution in [-0.4, -0.2) is 77.6 Å². The molecule has 8 nitrogen and oxygen atoms in total. The first-order valence-corrected chi connectivity index (χ1v) is 11.2. The van der Waals surface area contributed by atoms with E-state index in [-0.39, 0.29) is 18.1 Å². The number of aliphatic hydroxyl groups is 1. The van der Waals surface area contributed by atoms with Gasteiger partial charge in [-0.2, -0.15) is 18.2 Å². The van der Waals surface area contributed by atoms with Gasteiger partial charge in [-0.05, 0) is 30.3 Å². The minimum atomic E-state index is -4.44. The molecule has 0 aliphatic carbocycles. The number of alkyl halides is 3. The van der Waals surface area contributed by atoms with Gasteiger partial charge in [0.1, 0.15) is 12.7 Å². The predicted molar refractivity (Wildman–Crippen MR) is 121 cm³/mol. The van der Waals surface area contributed by atoms with Crippen molar-refractivity contribution in [2.45, 2.75) is 18.8 Å². The van der Waals surface area contributed by atoms with Gasteiger partial charge in [0.25, 0.3) is 5.89 Å². The zero-order valence-corrected chi connectivity index (χ0v) is 19.2. The van der Waals surface area contributed by atoms with Crippen molar-refractivity contribution in [3.05, 3.63) is 59.9 Å². The first-order chi connectivity index (χ1) is 16.8. The highest BCUT2D eigenvalue weighted by Crippen LogP contribution is 2.31. The van der Waals surface area contributed by atoms with Crippen LogP contribution in [0.3, 0.4) is 0 Å². The van der Waals surface area contributed by atoms with Crippen molar-refractivity contribution < 1.29 is 32.3 Å². The number of methoxy groups -OCH3 is 1. The molecule has 1 aliphatic heterocycles. The molecule has 11 heteroatoms. The lowest BCUT2D eigenvalue weighted by molar-refractivity contribution is -0.137. The number of nitrogens with zero attached hydrogens (tertiary/aromatic N) is 4. The molecule has 1 aromatic heterocycles. The fourth-order valence-corrected chi connectivity index (χ4v) is 3.87. The molecule has 1 aliphatic rings. The molecule has 0 spiro atoms. The number of hydrogen-bond donors (Lipinski definition) is 1. The summed E-state index contributed by atoms with van der Waals surface area (Å²) in [6.45, 7) is 4.00. The summed E-state index contributed by atoms with van der Waals surface area (Å²) in [4.78, 5) is 8.55. The Morgan fingerprint density at radius 3 is 2.46 bits per heavy atom. The van der Waals surface area contributed by atoms with Crippen molar-refractivity contribution in [1.29, 1.82) is 0 Å². The van der Waals surface area contributed by atoms with E-state index < -0.39 is 17.8 Å². The summed E-state index contributed by atoms with van der Waals surface area (Å²) in [5, 5.41) is 14.3. The van der Waals surface area contributed by atoms with E-state index in [1.807, 2.05) is 12.1 Å². The van der Waals surface area contributed by atoms with E-state index in [4.69, 9.17) is 14.0 Å². The third kappa shape index (κ3) is 6.71. The van der Waals surface area contributed by atoms with Crippen LogP contribution in [0.1, 0.15) is 11.4 Å². The number of halogens is 3. The molecule has 1 atom stereocenters. The lowest BCUT2D eigenvalue weighted by Crippen LogP contribution is -2.48. The fourth-order valence-electron chi connectivity index (χ4n) is 3.87. The molecule has 4 rings (SSSR count). The summed E-state index contributed by atoms with van der Waals surface area (Å²) >= 11 is 0. The van der Waals surface area contributed by atoms with Gasteiger partial charge in [-0.1, -0.05) is 23.4 Å². The minimum absolute atomic E-state index is 0.0582. The summed E-state index contributed by atoms with van der Waals surface area (Å²) in [5.41, 5.74) is -0.533. The molecule has 3 aromatic rings. The van der Waals surface area contributed by atoms with Crippen molar-refractivity contribution in [2.75, 3.05) is 46.4 Å². The van der Waals surface area contributed by atoms with E-state index in [0.29, 0.717) is 30.4 Å². The van der Waals surface area contributed by atoms with Gasteiger partial charge in [0, 0.05) is 38.3 Å². The highest BCUT2D eigenvalue weighted by Gasteiger charge is 2.31. The van der Waals surface area contributed by atoms with Crippen molar-refractivity contribution in [3.63, 3.8) is 0 Å². The summed E-state index contributed by atoms with van der Waals surface area (Å²) < 4.78 is 55.0. The summed E-state index contributed by atoms with van der Waals surface area (Å²) in [7, 11) is 1.57. The first-order valence-electron chi connectivity index (χ1n) is 11.2. The van der Waals surface area contributed by atoms with Gasteiger partial charge in [0.15, 0.2) is 17.3 Å². The number of aliphatic hydroxyl groups excluding tert-OH is 1. The van der Waals surface area contributed by atoms with Gasteiger partial charge < -0.3 is 19.1 Å². The topological polar surface area (TPSA) is 84.1 Å². The van der Waals surface area contributed by atoms with Crippen molar-refractivity contribution in [3.8, 4) is 23.0 Å². The van der Waals surface area contributed by atoms with Gasteiger partial charge in [0.05, 0.1) is 19.2 Å². The number of rotatable bonds is 9. The number of piperazine rings is 1. The Kier molecular flexibility index (Phi) is 7.89. The monoisotopic (exact) mass is 492 g/mol. The van der Waals surface area contributed by atoms with Crippen LogP contribution in [-0.2, 0) is 12.7 Å². The Morgan fingerprint density at radius 2 is 1.74 bits per heavy atom. The number of aromatic nitrogens is 2. The maximum Gasteiger partial charge on any atom is 0.416 e. The first kappa shape index (κ1) is 25.0. The van der Waals surface area contributed by atoms with Crippen LogP contribution >= 0.6 is 0 Å². The SMILES string of the molecule is COc1ccccc1OCC(O)CN1CCN(Cc2noc(-c3cccc(C(F)(F)F)c3)n2)CC1. The summed E-state index contributed by atoms with van der Waals surface area (Å²) in [6, 6.07) is 12.1. The van der Waals surface area contributed by atoms with E-state index in [1.165, 1.54) is 12.1 Å². The number of β-amino-alcohol motifs (C(OH)–C–C–N with tert-alkyl or cyclic N) is 1. The second-order valence-electron chi connectivity index (χ2n) is 8.29. The molecular weight excluding hydrogens is 465 g/mol. The molecule has 2 aromatic carbocycles. The molecule has 0 saturated carbocycles. The van der Waals surface area contributed by atoms with Crippen molar-refractivity contribution >= 4 is 0 Å². The van der Waals surface area contributed by atoms with Gasteiger partial charge in [-0.3, -0.25) is 9.80 Å². The Hall–Kier alpha value is -3.15. The number of benzene rings is 2. The average Bonchev–Trinajstić information content (AvgIpc) is 3.32. The van der Waals surface area contributed by atoms with Crippen LogP contribution in [0, 0.1) is 0 Å². The third-order valence-electron chi connectivity index (χ3n) is 5.70. The number of hydrogen-bond acceptors (Lipinski definition) is 8. The zero-order chi connectivity index (χ0) is 24.8. The van der Waals surface area contributed by atoms with E-state index in [1.54, 1.807) is 19.2 Å². The lowest BCUT2D eigenvalue weighted by atomic mass is 10.1. The molecule has 0 radical (unpaired) electrons. The van der Waals surface area contributed by atoms with Gasteiger partial charge in [-0.15, -0.1) is 0 Å². The van der Waals surface area contributed by atoms with E-state index in [9.17, 15) is 18.3 Å². The molecule has 1 N–H and O–H groups in total. The molecule has 188 valence electrons. The molecule has 1 unspecified atom stereocenters. The maximum atomic E-state index is 13.0. The van der Waals surface area contributed by atoms with Crippen LogP contribution in [0.2, 0.25) is 0 Å². The van der Waals surface area contributed by atoms with Crippen LogP contribution < -0.4 is 9.47 Å². The number of para-hydroxylation sites is 2. The Bertz CT molecular complexity index is 1100. The molecule has 1 saturated heterocycles. The molecule has 0 bridgehead atoms. The third-order valence-corrected chi connectivity index (χ3v) is 5.70. The van der Waals surface area contributed by atoms with E-state index in [2.05, 4.69) is 19.9 Å². The maximum absolute atomic E-state index is 13.0. The molecule has 0 amide bonds. The van der Waals surface area contributed by atoms with E-state index in [0.717, 1.165) is 38.3 Å². The Labute approximate surface area is 200 Å². The highest BCUT2D eigenvalue weighted by molar-refractivity contribution is 5.54.